The van der Waals surface area contributed by atoms with E-state index in [4.69, 9.17) is 0 Å². The smallest absolute Gasteiger partial charge is 0.341 e. The molecule has 1 aliphatic rings. The third kappa shape index (κ3) is 3.51. The maximum absolute atomic E-state index is 12.7. The van der Waals surface area contributed by atoms with Crippen molar-refractivity contribution in [2.75, 3.05) is 18.1 Å². The molecule has 1 fully saturated rings. The first-order valence-corrected chi connectivity index (χ1v) is 9.58. The van der Waals surface area contributed by atoms with Crippen molar-refractivity contribution in [2.45, 2.75) is 41.1 Å². The molecule has 3 nitrogen and oxygen atoms in total. The fraction of sp³-hybridized carbons (Fsp3) is 0.571. The van der Waals surface area contributed by atoms with Crippen LogP contribution in [0.4, 0.5) is 14.5 Å². The van der Waals surface area contributed by atoms with Gasteiger partial charge in [0.15, 0.2) is 0 Å². The van der Waals surface area contributed by atoms with Crippen LogP contribution >= 0.6 is 11.8 Å². The van der Waals surface area contributed by atoms with Gasteiger partial charge < -0.3 is 5.32 Å². The van der Waals surface area contributed by atoms with Crippen molar-refractivity contribution in [2.24, 2.45) is 0 Å². The molecule has 1 N–H and O–H groups in total. The van der Waals surface area contributed by atoms with E-state index in [9.17, 15) is 17.2 Å². The standard InChI is InChI=1S/C14H19F2NO2S2/c1-20-14(8-4-5-9-14)10-17-11-6-2-3-7-12(11)21(18,19)13(15)16/h2-3,6-7,13,17H,4-5,8-10H2,1H3. The molecule has 7 heteroatoms. The average molecular weight is 335 g/mol. The van der Waals surface area contributed by atoms with Crippen molar-refractivity contribution in [3.8, 4) is 0 Å². The number of nitrogens with one attached hydrogen (secondary N) is 1. The molecule has 0 aliphatic heterocycles. The van der Waals surface area contributed by atoms with E-state index in [1.165, 1.54) is 18.2 Å². The molecule has 21 heavy (non-hydrogen) atoms. The molecule has 118 valence electrons. The molecule has 1 saturated carbocycles. The molecule has 0 heterocycles. The van der Waals surface area contributed by atoms with Crippen molar-refractivity contribution in [3.05, 3.63) is 24.3 Å². The third-order valence-corrected chi connectivity index (χ3v) is 6.83. The lowest BCUT2D eigenvalue weighted by Gasteiger charge is -2.28. The van der Waals surface area contributed by atoms with E-state index in [1.807, 2.05) is 6.26 Å². The summed E-state index contributed by atoms with van der Waals surface area (Å²) < 4.78 is 49.0. The molecule has 1 aromatic carbocycles. The highest BCUT2D eigenvalue weighted by Crippen LogP contribution is 2.40. The van der Waals surface area contributed by atoms with Gasteiger partial charge in [-0.25, -0.2) is 8.42 Å². The Morgan fingerprint density at radius 2 is 1.90 bits per heavy atom. The van der Waals surface area contributed by atoms with Gasteiger partial charge in [0.1, 0.15) is 0 Å². The van der Waals surface area contributed by atoms with Crippen molar-refractivity contribution in [1.82, 2.24) is 0 Å². The Kier molecular flexibility index (Phi) is 5.14. The predicted octanol–water partition coefficient (Wildman–Crippen LogP) is 3.77. The van der Waals surface area contributed by atoms with Crippen LogP contribution in [0.2, 0.25) is 0 Å². The van der Waals surface area contributed by atoms with Crippen LogP contribution in [0.1, 0.15) is 25.7 Å². The van der Waals surface area contributed by atoms with Crippen LogP contribution in [-0.4, -0.2) is 31.7 Å². The predicted molar refractivity (Wildman–Crippen MR) is 82.8 cm³/mol. The molecular formula is C14H19F2NO2S2. The first-order valence-electron chi connectivity index (χ1n) is 6.81. The summed E-state index contributed by atoms with van der Waals surface area (Å²) in [6, 6.07) is 5.87. The highest BCUT2D eigenvalue weighted by Gasteiger charge is 2.34. The maximum Gasteiger partial charge on any atom is 0.341 e. The summed E-state index contributed by atoms with van der Waals surface area (Å²) in [6.45, 7) is 0.587. The minimum atomic E-state index is -4.58. The van der Waals surface area contributed by atoms with Gasteiger partial charge in [0.05, 0.1) is 10.6 Å². The van der Waals surface area contributed by atoms with Crippen LogP contribution in [-0.2, 0) is 9.84 Å². The van der Waals surface area contributed by atoms with E-state index in [0.29, 0.717) is 6.54 Å². The van der Waals surface area contributed by atoms with Crippen molar-refractivity contribution >= 4 is 27.3 Å². The molecule has 0 atom stereocenters. The highest BCUT2D eigenvalue weighted by atomic mass is 32.2. The van der Waals surface area contributed by atoms with Gasteiger partial charge in [-0.15, -0.1) is 0 Å². The summed E-state index contributed by atoms with van der Waals surface area (Å²) in [5, 5.41) is 3.07. The molecule has 1 aromatic rings. The first kappa shape index (κ1) is 16.5. The number of sulfone groups is 1. The summed E-state index contributed by atoms with van der Waals surface area (Å²) in [5.41, 5.74) is 0.262. The lowest BCUT2D eigenvalue weighted by atomic mass is 10.1. The lowest BCUT2D eigenvalue weighted by molar-refractivity contribution is 0.235. The number of hydrogen-bond acceptors (Lipinski definition) is 4. The molecule has 0 bridgehead atoms. The van der Waals surface area contributed by atoms with Crippen molar-refractivity contribution in [1.29, 1.82) is 0 Å². The summed E-state index contributed by atoms with van der Waals surface area (Å²) in [6.07, 6.45) is 6.46. The number of rotatable bonds is 6. The van der Waals surface area contributed by atoms with E-state index in [0.717, 1.165) is 25.7 Å². The van der Waals surface area contributed by atoms with Crippen LogP contribution in [0.3, 0.4) is 0 Å². The summed E-state index contributed by atoms with van der Waals surface area (Å²) in [4.78, 5) is -0.325. The fourth-order valence-electron chi connectivity index (χ4n) is 2.69. The van der Waals surface area contributed by atoms with Gasteiger partial charge >= 0.3 is 5.76 Å². The van der Waals surface area contributed by atoms with Gasteiger partial charge in [0.25, 0.3) is 0 Å². The van der Waals surface area contributed by atoms with E-state index in [-0.39, 0.29) is 15.3 Å². The summed E-state index contributed by atoms with van der Waals surface area (Å²) >= 11 is 1.76. The number of halogens is 2. The number of hydrogen-bond donors (Lipinski definition) is 1. The average Bonchev–Trinajstić information content (AvgIpc) is 2.95. The van der Waals surface area contributed by atoms with Gasteiger partial charge in [0, 0.05) is 11.3 Å². The largest absolute Gasteiger partial charge is 0.383 e. The molecule has 0 unspecified atom stereocenters. The van der Waals surface area contributed by atoms with E-state index < -0.39 is 15.6 Å². The normalized spacial score (nSPS) is 18.1. The Balaban J connectivity index is 2.22. The van der Waals surface area contributed by atoms with Gasteiger partial charge in [-0.2, -0.15) is 20.5 Å². The SMILES string of the molecule is CSC1(CNc2ccccc2S(=O)(=O)C(F)F)CCCC1. The Labute approximate surface area is 128 Å². The first-order chi connectivity index (χ1) is 9.91. The molecule has 0 saturated heterocycles. The topological polar surface area (TPSA) is 46.2 Å². The lowest BCUT2D eigenvalue weighted by Crippen LogP contribution is -2.30. The zero-order valence-electron chi connectivity index (χ0n) is 11.8. The Morgan fingerprint density at radius 3 is 2.48 bits per heavy atom. The zero-order chi connectivity index (χ0) is 15.5. The summed E-state index contributed by atoms with van der Waals surface area (Å²) in [7, 11) is -4.58. The Hall–Kier alpha value is -0.820. The fourth-order valence-corrected chi connectivity index (χ4v) is 4.51. The number of alkyl halides is 2. The molecule has 0 aromatic heterocycles. The second-order valence-electron chi connectivity index (χ2n) is 5.25. The number of benzene rings is 1. The Morgan fingerprint density at radius 1 is 1.29 bits per heavy atom. The minimum absolute atomic E-state index is 0.0711. The van der Waals surface area contributed by atoms with Gasteiger partial charge in [-0.3, -0.25) is 0 Å². The zero-order valence-corrected chi connectivity index (χ0v) is 13.4. The van der Waals surface area contributed by atoms with E-state index >= 15 is 0 Å². The highest BCUT2D eigenvalue weighted by molar-refractivity contribution is 8.00. The monoisotopic (exact) mass is 335 g/mol. The van der Waals surface area contributed by atoms with Crippen LogP contribution in [0, 0.1) is 0 Å². The maximum atomic E-state index is 12.7. The number of anilines is 1. The second kappa shape index (κ2) is 6.52. The molecule has 0 radical (unpaired) electrons. The third-order valence-electron chi connectivity index (χ3n) is 3.98. The van der Waals surface area contributed by atoms with Gasteiger partial charge in [-0.1, -0.05) is 25.0 Å². The van der Waals surface area contributed by atoms with Gasteiger partial charge in [0.2, 0.25) is 9.84 Å². The second-order valence-corrected chi connectivity index (χ2v) is 8.41. The minimum Gasteiger partial charge on any atom is -0.383 e. The number of para-hydroxylation sites is 1. The Bertz CT molecular complexity index is 584. The molecule has 0 amide bonds. The molecule has 1 aliphatic carbocycles. The van der Waals surface area contributed by atoms with Crippen LogP contribution in [0.15, 0.2) is 29.2 Å². The molecular weight excluding hydrogens is 316 g/mol. The van der Waals surface area contributed by atoms with E-state index in [2.05, 4.69) is 5.32 Å². The molecule has 0 spiro atoms. The van der Waals surface area contributed by atoms with E-state index in [1.54, 1.807) is 17.8 Å². The van der Waals surface area contributed by atoms with Crippen LogP contribution in [0.25, 0.3) is 0 Å². The van der Waals surface area contributed by atoms with Gasteiger partial charge in [-0.05, 0) is 31.2 Å². The van der Waals surface area contributed by atoms with Crippen molar-refractivity contribution in [3.63, 3.8) is 0 Å². The summed E-state index contributed by atoms with van der Waals surface area (Å²) in [5.74, 6) is -3.40. The molecule has 2 rings (SSSR count). The van der Waals surface area contributed by atoms with Crippen molar-refractivity contribution < 1.29 is 17.2 Å². The quantitative estimate of drug-likeness (QED) is 0.859. The number of thioether (sulfide) groups is 1. The van der Waals surface area contributed by atoms with Crippen LogP contribution < -0.4 is 5.32 Å². The van der Waals surface area contributed by atoms with Crippen LogP contribution in [0.5, 0.6) is 0 Å².